The molecule has 0 aliphatic carbocycles. The topological polar surface area (TPSA) is 286 Å². The average molecular weight is 670 g/mol. The molecule has 1 rings (SSSR count). The lowest BCUT2D eigenvalue weighted by atomic mass is 10.1. The highest BCUT2D eigenvalue weighted by molar-refractivity contribution is 5.98. The maximum atomic E-state index is 13.2. The van der Waals surface area contributed by atoms with E-state index in [-0.39, 0.29) is 26.1 Å². The van der Waals surface area contributed by atoms with E-state index in [0.717, 1.165) is 0 Å². The highest BCUT2D eigenvalue weighted by Crippen LogP contribution is 1.97. The zero-order valence-electron chi connectivity index (χ0n) is 27.4. The molecular formula is C27H47N11O9. The third-order valence-corrected chi connectivity index (χ3v) is 6.66. The summed E-state index contributed by atoms with van der Waals surface area (Å²) < 4.78 is 0. The quantitative estimate of drug-likeness (QED) is 0.0983. The first kappa shape index (κ1) is 40.2. The van der Waals surface area contributed by atoms with Gasteiger partial charge < -0.3 is 58.5 Å². The van der Waals surface area contributed by atoms with Crippen molar-refractivity contribution in [2.24, 2.45) is 0 Å². The van der Waals surface area contributed by atoms with E-state index in [1.165, 1.54) is 34.9 Å². The van der Waals surface area contributed by atoms with E-state index in [4.69, 9.17) is 0 Å². The van der Waals surface area contributed by atoms with Crippen molar-refractivity contribution >= 4 is 53.2 Å². The van der Waals surface area contributed by atoms with Crippen molar-refractivity contribution in [1.82, 2.24) is 58.5 Å². The Morgan fingerprint density at radius 2 is 0.766 bits per heavy atom. The number of amides is 9. The standard InChI is InChI=1S/C27H47N11O9/c1-7-19(39)30-8-16-25(45)33-14(3)23(43)37-18(10-32-21(41)12-29-6)27(47)35-15(4)24(44)38-17(9-31-20(40)11-28-5)26(46)34-13(2)22(42)36-16/h13-18,28-29H,7-12H2,1-6H3,(H,30,39)(H,31,40)(H,32,41)(H,33,45)(H,34,46)(H,35,47)(H,36,42)(H,37,43)(H,38,44)/t13-,14-,15-,16+,17+,18+/m1/s1. The molecule has 0 aromatic heterocycles. The van der Waals surface area contributed by atoms with Crippen LogP contribution in [0.1, 0.15) is 34.1 Å². The summed E-state index contributed by atoms with van der Waals surface area (Å²) in [4.78, 5) is 115. The van der Waals surface area contributed by atoms with E-state index in [9.17, 15) is 43.2 Å². The average Bonchev–Trinajstić information content (AvgIpc) is 3.01. The zero-order valence-corrected chi connectivity index (χ0v) is 27.4. The van der Waals surface area contributed by atoms with E-state index in [0.29, 0.717) is 0 Å². The summed E-state index contributed by atoms with van der Waals surface area (Å²) in [6.07, 6.45) is 0.0818. The summed E-state index contributed by atoms with van der Waals surface area (Å²) in [6, 6.07) is -8.07. The molecule has 1 heterocycles. The molecule has 20 nitrogen and oxygen atoms in total. The maximum absolute atomic E-state index is 13.2. The summed E-state index contributed by atoms with van der Waals surface area (Å²) in [5.74, 6) is -6.60. The second-order valence-corrected chi connectivity index (χ2v) is 10.7. The number of hydrogen-bond donors (Lipinski definition) is 11. The fourth-order valence-electron chi connectivity index (χ4n) is 3.88. The van der Waals surface area contributed by atoms with E-state index in [1.807, 2.05) is 0 Å². The fraction of sp³-hybridized carbons (Fsp3) is 0.667. The second kappa shape index (κ2) is 20.3. The van der Waals surface area contributed by atoms with Gasteiger partial charge in [-0.2, -0.15) is 0 Å². The Morgan fingerprint density at radius 1 is 0.489 bits per heavy atom. The van der Waals surface area contributed by atoms with Crippen LogP contribution < -0.4 is 58.5 Å². The van der Waals surface area contributed by atoms with E-state index in [2.05, 4.69) is 58.5 Å². The summed E-state index contributed by atoms with van der Waals surface area (Å²) in [6.45, 7) is 4.14. The van der Waals surface area contributed by atoms with Crippen LogP contribution in [0.5, 0.6) is 0 Å². The lowest BCUT2D eigenvalue weighted by Gasteiger charge is -2.27. The van der Waals surface area contributed by atoms with Crippen molar-refractivity contribution in [2.75, 3.05) is 46.8 Å². The van der Waals surface area contributed by atoms with Gasteiger partial charge in [-0.1, -0.05) is 6.92 Å². The number of likely N-dealkylation sites (N-methyl/N-ethyl adjacent to an activating group) is 2. The summed E-state index contributed by atoms with van der Waals surface area (Å²) >= 11 is 0. The predicted molar refractivity (Wildman–Crippen MR) is 166 cm³/mol. The number of nitrogens with one attached hydrogen (secondary N) is 11. The Balaban J connectivity index is 3.44. The van der Waals surface area contributed by atoms with Crippen LogP contribution >= 0.6 is 0 Å². The molecule has 1 aliphatic rings. The van der Waals surface area contributed by atoms with Gasteiger partial charge in [-0.3, -0.25) is 43.2 Å². The SMILES string of the molecule is CCC(=O)NC[C@@H]1NC(=O)[C@@H](C)NC(=O)[C@H](CNC(=O)CNC)NC(=O)[C@@H](C)NC(=O)[C@H](CNC(=O)CNC)NC(=O)[C@@H](C)NC1=O. The molecule has 1 aliphatic heterocycles. The minimum atomic E-state index is -1.42. The van der Waals surface area contributed by atoms with Gasteiger partial charge in [0.15, 0.2) is 0 Å². The molecule has 6 atom stereocenters. The Morgan fingerprint density at radius 3 is 1.02 bits per heavy atom. The molecule has 0 aromatic carbocycles. The van der Waals surface area contributed by atoms with Gasteiger partial charge in [-0.25, -0.2) is 0 Å². The molecule has 0 radical (unpaired) electrons. The maximum Gasteiger partial charge on any atom is 0.245 e. The third-order valence-electron chi connectivity index (χ3n) is 6.66. The number of carbonyl (C=O) groups excluding carboxylic acids is 9. The van der Waals surface area contributed by atoms with Gasteiger partial charge in [0.2, 0.25) is 53.2 Å². The monoisotopic (exact) mass is 669 g/mol. The van der Waals surface area contributed by atoms with Crippen molar-refractivity contribution in [2.45, 2.75) is 70.4 Å². The van der Waals surface area contributed by atoms with Crippen molar-refractivity contribution in [1.29, 1.82) is 0 Å². The van der Waals surface area contributed by atoms with Crippen LogP contribution in [0, 0.1) is 0 Å². The molecule has 264 valence electrons. The number of hydrogen-bond acceptors (Lipinski definition) is 11. The molecule has 0 unspecified atom stereocenters. The van der Waals surface area contributed by atoms with Crippen LogP contribution in [0.2, 0.25) is 0 Å². The van der Waals surface area contributed by atoms with Crippen LogP contribution in [0.3, 0.4) is 0 Å². The van der Waals surface area contributed by atoms with E-state index >= 15 is 0 Å². The Labute approximate surface area is 272 Å². The third kappa shape index (κ3) is 14.4. The highest BCUT2D eigenvalue weighted by atomic mass is 16.2. The van der Waals surface area contributed by atoms with Gasteiger partial charge in [0.05, 0.1) is 13.1 Å². The van der Waals surface area contributed by atoms with Crippen molar-refractivity contribution in [3.8, 4) is 0 Å². The molecule has 0 spiro atoms. The Bertz CT molecular complexity index is 1160. The van der Waals surface area contributed by atoms with Crippen LogP contribution in [0.15, 0.2) is 0 Å². The molecule has 47 heavy (non-hydrogen) atoms. The van der Waals surface area contributed by atoms with Gasteiger partial charge >= 0.3 is 0 Å². The van der Waals surface area contributed by atoms with Gasteiger partial charge in [-0.05, 0) is 34.9 Å². The molecule has 9 amide bonds. The molecular weight excluding hydrogens is 622 g/mol. The van der Waals surface area contributed by atoms with Crippen molar-refractivity contribution in [3.05, 3.63) is 0 Å². The predicted octanol–water partition coefficient (Wildman–Crippen LogP) is -6.83. The summed E-state index contributed by atoms with van der Waals surface area (Å²) in [5.41, 5.74) is 0. The lowest BCUT2D eigenvalue weighted by Crippen LogP contribution is -2.63. The smallest absolute Gasteiger partial charge is 0.245 e. The van der Waals surface area contributed by atoms with Crippen LogP contribution in [-0.4, -0.2) is 136 Å². The van der Waals surface area contributed by atoms with Gasteiger partial charge in [0.1, 0.15) is 36.3 Å². The molecule has 20 heteroatoms. The van der Waals surface area contributed by atoms with E-state index in [1.54, 1.807) is 6.92 Å². The first-order valence-corrected chi connectivity index (χ1v) is 15.0. The zero-order chi connectivity index (χ0) is 35.7. The minimum absolute atomic E-state index is 0.0818. The number of carbonyl (C=O) groups is 9. The van der Waals surface area contributed by atoms with E-state index < -0.39 is 103 Å². The molecule has 11 N–H and O–H groups in total. The normalized spacial score (nSPS) is 24.9. The Kier molecular flexibility index (Phi) is 17.4. The molecule has 0 aromatic rings. The largest absolute Gasteiger partial charge is 0.354 e. The van der Waals surface area contributed by atoms with Gasteiger partial charge in [0.25, 0.3) is 0 Å². The molecule has 0 bridgehead atoms. The van der Waals surface area contributed by atoms with Crippen molar-refractivity contribution < 1.29 is 43.2 Å². The lowest BCUT2D eigenvalue weighted by molar-refractivity contribution is -0.136. The Hall–Kier alpha value is -4.85. The van der Waals surface area contributed by atoms with Crippen LogP contribution in [0.4, 0.5) is 0 Å². The second-order valence-electron chi connectivity index (χ2n) is 10.7. The molecule has 1 saturated heterocycles. The molecule has 0 saturated carbocycles. The highest BCUT2D eigenvalue weighted by Gasteiger charge is 2.32. The van der Waals surface area contributed by atoms with Crippen LogP contribution in [-0.2, 0) is 43.2 Å². The summed E-state index contributed by atoms with van der Waals surface area (Å²) in [5, 5.41) is 27.2. The van der Waals surface area contributed by atoms with Crippen LogP contribution in [0.25, 0.3) is 0 Å². The molecule has 1 fully saturated rings. The van der Waals surface area contributed by atoms with Crippen molar-refractivity contribution in [3.63, 3.8) is 0 Å². The first-order chi connectivity index (χ1) is 22.1. The summed E-state index contributed by atoms with van der Waals surface area (Å²) in [7, 11) is 3.05. The minimum Gasteiger partial charge on any atom is -0.354 e. The van der Waals surface area contributed by atoms with Gasteiger partial charge in [-0.15, -0.1) is 0 Å². The van der Waals surface area contributed by atoms with Gasteiger partial charge in [0, 0.05) is 26.1 Å². The fourth-order valence-corrected chi connectivity index (χ4v) is 3.88. The first-order valence-electron chi connectivity index (χ1n) is 15.0. The number of rotatable bonds is 11.